The molecule has 32 heavy (non-hydrogen) atoms. The van der Waals surface area contributed by atoms with Gasteiger partial charge in [-0.15, -0.1) is 0 Å². The Morgan fingerprint density at radius 2 is 1.97 bits per heavy atom. The van der Waals surface area contributed by atoms with Gasteiger partial charge in [0.25, 0.3) is 5.91 Å². The van der Waals surface area contributed by atoms with Crippen molar-refractivity contribution < 1.29 is 18.7 Å². The molecule has 0 radical (unpaired) electrons. The van der Waals surface area contributed by atoms with Crippen molar-refractivity contribution in [3.8, 4) is 5.75 Å². The molecule has 0 bridgehead atoms. The highest BCUT2D eigenvalue weighted by atomic mass is 19.1. The van der Waals surface area contributed by atoms with Crippen LogP contribution in [0.3, 0.4) is 0 Å². The second kappa shape index (κ2) is 10.9. The molecule has 172 valence electrons. The van der Waals surface area contributed by atoms with Gasteiger partial charge in [-0.2, -0.15) is 0 Å². The number of carbonyl (C=O) groups is 1. The third-order valence-corrected chi connectivity index (χ3v) is 6.46. The van der Waals surface area contributed by atoms with E-state index >= 15 is 0 Å². The number of aromatic nitrogens is 1. The summed E-state index contributed by atoms with van der Waals surface area (Å²) in [6.07, 6.45) is 6.17. The fourth-order valence-corrected chi connectivity index (χ4v) is 4.79. The van der Waals surface area contributed by atoms with Crippen LogP contribution in [0.25, 0.3) is 0 Å². The summed E-state index contributed by atoms with van der Waals surface area (Å²) in [5.41, 5.74) is 1.45. The maximum Gasteiger partial charge on any atom is 0.257 e. The number of piperidine rings is 1. The van der Waals surface area contributed by atoms with Gasteiger partial charge in [-0.1, -0.05) is 18.6 Å². The molecule has 2 aliphatic rings. The van der Waals surface area contributed by atoms with Gasteiger partial charge in [0.1, 0.15) is 18.2 Å². The van der Waals surface area contributed by atoms with Crippen molar-refractivity contribution in [2.24, 2.45) is 0 Å². The van der Waals surface area contributed by atoms with Crippen LogP contribution in [0.2, 0.25) is 0 Å². The summed E-state index contributed by atoms with van der Waals surface area (Å²) >= 11 is 0. The Balaban J connectivity index is 1.55. The zero-order chi connectivity index (χ0) is 22.3. The van der Waals surface area contributed by atoms with Crippen molar-refractivity contribution >= 4 is 5.91 Å². The number of hydrogen-bond donors (Lipinski definition) is 0. The van der Waals surface area contributed by atoms with Crippen LogP contribution in [0.4, 0.5) is 4.39 Å². The second-order valence-electron chi connectivity index (χ2n) is 8.57. The summed E-state index contributed by atoms with van der Waals surface area (Å²) < 4.78 is 25.1. The standard InChI is InChI=1S/C25H32FN3O3/c1-31-24-10-6-14-29-22(24)8-4-5-13-28(18-20-12-11-19(26)17-27-20)15-16-32-23-9-3-2-7-21(23)25(29)30/h2-3,7,9,11-12,17,22,24H,4-6,8,10,13-16,18H2,1H3/t22-,24-/m0/s1. The predicted molar refractivity (Wildman–Crippen MR) is 120 cm³/mol. The Kier molecular flexibility index (Phi) is 7.71. The quantitative estimate of drug-likeness (QED) is 0.723. The van der Waals surface area contributed by atoms with E-state index in [0.29, 0.717) is 31.0 Å². The Hall–Kier alpha value is -2.51. The van der Waals surface area contributed by atoms with Crippen LogP contribution in [0.5, 0.6) is 5.75 Å². The molecule has 1 saturated heterocycles. The highest BCUT2D eigenvalue weighted by Crippen LogP contribution is 2.29. The zero-order valence-electron chi connectivity index (χ0n) is 18.7. The highest BCUT2D eigenvalue weighted by Gasteiger charge is 2.35. The maximum absolute atomic E-state index is 13.5. The van der Waals surface area contributed by atoms with Crippen LogP contribution in [-0.4, -0.2) is 66.2 Å². The molecule has 1 amide bonds. The molecule has 0 unspecified atom stereocenters. The van der Waals surface area contributed by atoms with Crippen LogP contribution >= 0.6 is 0 Å². The van der Waals surface area contributed by atoms with Crippen molar-refractivity contribution in [2.75, 3.05) is 33.4 Å². The lowest BCUT2D eigenvalue weighted by atomic mass is 9.93. The SMILES string of the molecule is CO[C@H]1CCCN2C(=O)c3ccccc3OCCN(Cc3ccc(F)cn3)CCCC[C@@H]12. The summed E-state index contributed by atoms with van der Waals surface area (Å²) in [6, 6.07) is 10.8. The minimum Gasteiger partial charge on any atom is -0.491 e. The minimum absolute atomic E-state index is 0.0268. The van der Waals surface area contributed by atoms with E-state index in [1.165, 1.54) is 12.3 Å². The largest absolute Gasteiger partial charge is 0.491 e. The van der Waals surface area contributed by atoms with Gasteiger partial charge in [0.05, 0.1) is 29.6 Å². The van der Waals surface area contributed by atoms with Crippen molar-refractivity contribution in [1.29, 1.82) is 0 Å². The average molecular weight is 442 g/mol. The number of rotatable bonds is 3. The molecule has 1 fully saturated rings. The Morgan fingerprint density at radius 1 is 1.09 bits per heavy atom. The molecular formula is C25H32FN3O3. The molecule has 0 N–H and O–H groups in total. The fraction of sp³-hybridized carbons (Fsp3) is 0.520. The molecule has 2 aromatic rings. The van der Waals surface area contributed by atoms with Crippen LogP contribution in [-0.2, 0) is 11.3 Å². The summed E-state index contributed by atoms with van der Waals surface area (Å²) in [5.74, 6) is 0.321. The van der Waals surface area contributed by atoms with Gasteiger partial charge in [-0.25, -0.2) is 4.39 Å². The molecule has 4 rings (SSSR count). The van der Waals surface area contributed by atoms with Gasteiger partial charge in [-0.3, -0.25) is 14.7 Å². The maximum atomic E-state index is 13.5. The minimum atomic E-state index is -0.326. The lowest BCUT2D eigenvalue weighted by Gasteiger charge is -2.41. The van der Waals surface area contributed by atoms with E-state index in [9.17, 15) is 9.18 Å². The molecule has 2 aliphatic heterocycles. The molecular weight excluding hydrogens is 409 g/mol. The molecule has 6 nitrogen and oxygen atoms in total. The van der Waals surface area contributed by atoms with Gasteiger partial charge < -0.3 is 14.4 Å². The topological polar surface area (TPSA) is 54.9 Å². The number of nitrogens with zero attached hydrogens (tertiary/aromatic N) is 3. The number of fused-ring (bicyclic) bond motifs is 2. The predicted octanol–water partition coefficient (Wildman–Crippen LogP) is 3.91. The molecule has 3 heterocycles. The third kappa shape index (κ3) is 5.45. The number of carbonyl (C=O) groups excluding carboxylic acids is 1. The Labute approximate surface area is 189 Å². The summed E-state index contributed by atoms with van der Waals surface area (Å²) in [4.78, 5) is 22.0. The molecule has 7 heteroatoms. The van der Waals surface area contributed by atoms with E-state index in [0.717, 1.165) is 50.9 Å². The number of ether oxygens (including phenoxy) is 2. The first-order chi connectivity index (χ1) is 15.7. The molecule has 1 aromatic carbocycles. The lowest BCUT2D eigenvalue weighted by molar-refractivity contribution is -0.0155. The van der Waals surface area contributed by atoms with Gasteiger partial charge >= 0.3 is 0 Å². The van der Waals surface area contributed by atoms with Gasteiger partial charge in [0.2, 0.25) is 0 Å². The van der Waals surface area contributed by atoms with Crippen LogP contribution in [0, 0.1) is 5.82 Å². The van der Waals surface area contributed by atoms with Gasteiger partial charge in [-0.05, 0) is 56.5 Å². The zero-order valence-corrected chi connectivity index (χ0v) is 18.7. The first-order valence-corrected chi connectivity index (χ1v) is 11.5. The number of pyridine rings is 1. The average Bonchev–Trinajstić information content (AvgIpc) is 2.83. The number of amides is 1. The van der Waals surface area contributed by atoms with E-state index in [1.807, 2.05) is 29.2 Å². The first kappa shape index (κ1) is 22.7. The fourth-order valence-electron chi connectivity index (χ4n) is 4.79. The van der Waals surface area contributed by atoms with Crippen molar-refractivity contribution in [3.05, 3.63) is 59.7 Å². The second-order valence-corrected chi connectivity index (χ2v) is 8.57. The smallest absolute Gasteiger partial charge is 0.257 e. The number of hydrogen-bond acceptors (Lipinski definition) is 5. The van der Waals surface area contributed by atoms with Gasteiger partial charge in [0.15, 0.2) is 0 Å². The molecule has 1 aromatic heterocycles. The van der Waals surface area contributed by atoms with Gasteiger partial charge in [0, 0.05) is 26.7 Å². The van der Waals surface area contributed by atoms with E-state index in [2.05, 4.69) is 9.88 Å². The Bertz CT molecular complexity index is 892. The first-order valence-electron chi connectivity index (χ1n) is 11.5. The molecule has 0 spiro atoms. The normalized spacial score (nSPS) is 23.2. The van der Waals surface area contributed by atoms with Crippen LogP contribution in [0.1, 0.15) is 48.2 Å². The van der Waals surface area contributed by atoms with E-state index in [-0.39, 0.29) is 23.9 Å². The number of halogens is 1. The van der Waals surface area contributed by atoms with Crippen LogP contribution in [0.15, 0.2) is 42.6 Å². The highest BCUT2D eigenvalue weighted by molar-refractivity contribution is 5.97. The molecule has 0 saturated carbocycles. The molecule has 0 aliphatic carbocycles. The Morgan fingerprint density at radius 3 is 2.78 bits per heavy atom. The van der Waals surface area contributed by atoms with E-state index < -0.39 is 0 Å². The number of benzene rings is 1. The molecule has 2 atom stereocenters. The lowest BCUT2D eigenvalue weighted by Crippen LogP contribution is -2.51. The monoisotopic (exact) mass is 441 g/mol. The van der Waals surface area contributed by atoms with Crippen LogP contribution < -0.4 is 4.74 Å². The van der Waals surface area contributed by atoms with E-state index in [4.69, 9.17) is 9.47 Å². The van der Waals surface area contributed by atoms with Crippen molar-refractivity contribution in [3.63, 3.8) is 0 Å². The summed E-state index contributed by atoms with van der Waals surface area (Å²) in [5, 5.41) is 0. The third-order valence-electron chi connectivity index (χ3n) is 6.46. The number of para-hydroxylation sites is 1. The summed E-state index contributed by atoms with van der Waals surface area (Å²) in [6.45, 7) is 3.45. The summed E-state index contributed by atoms with van der Waals surface area (Å²) in [7, 11) is 1.74. The van der Waals surface area contributed by atoms with E-state index in [1.54, 1.807) is 13.2 Å². The van der Waals surface area contributed by atoms with Crippen molar-refractivity contribution in [1.82, 2.24) is 14.8 Å². The van der Waals surface area contributed by atoms with Crippen molar-refractivity contribution in [2.45, 2.75) is 50.8 Å². The number of methoxy groups -OCH3 is 1.